The SMILES string of the molecule is CCC(C)C1(C(N)=O)c2c(ncc(F)c2F)N=C(F)C1(F)F. The molecule has 1 aromatic rings. The molecule has 1 amide bonds. The summed E-state index contributed by atoms with van der Waals surface area (Å²) in [6.07, 6.45) is 0.304. The number of alkyl halides is 2. The van der Waals surface area contributed by atoms with E-state index in [9.17, 15) is 26.7 Å². The van der Waals surface area contributed by atoms with Crippen molar-refractivity contribution in [3.05, 3.63) is 23.4 Å². The van der Waals surface area contributed by atoms with Gasteiger partial charge in [-0.3, -0.25) is 4.79 Å². The Morgan fingerprint density at radius 1 is 1.36 bits per heavy atom. The average Bonchev–Trinajstić information content (AvgIpc) is 2.44. The van der Waals surface area contributed by atoms with Crippen molar-refractivity contribution >= 4 is 17.7 Å². The molecule has 0 spiro atoms. The Morgan fingerprint density at radius 2 is 1.95 bits per heavy atom. The second-order valence-electron chi connectivity index (χ2n) is 5.08. The van der Waals surface area contributed by atoms with Crippen molar-refractivity contribution in [2.75, 3.05) is 0 Å². The Bertz CT molecular complexity index is 676. The van der Waals surface area contributed by atoms with E-state index in [1.807, 2.05) is 0 Å². The van der Waals surface area contributed by atoms with Crippen LogP contribution >= 0.6 is 0 Å². The van der Waals surface area contributed by atoms with E-state index in [0.717, 1.165) is 0 Å². The van der Waals surface area contributed by atoms with Crippen molar-refractivity contribution in [1.29, 1.82) is 0 Å². The zero-order valence-corrected chi connectivity index (χ0v) is 11.6. The van der Waals surface area contributed by atoms with Crippen molar-refractivity contribution in [2.45, 2.75) is 31.6 Å². The molecule has 9 heteroatoms. The van der Waals surface area contributed by atoms with Crippen LogP contribution in [0.3, 0.4) is 0 Å². The lowest BCUT2D eigenvalue weighted by atomic mass is 9.63. The lowest BCUT2D eigenvalue weighted by Crippen LogP contribution is -2.62. The fourth-order valence-electron chi connectivity index (χ4n) is 2.76. The van der Waals surface area contributed by atoms with E-state index in [4.69, 9.17) is 5.73 Å². The molecule has 2 heterocycles. The zero-order chi connectivity index (χ0) is 16.9. The van der Waals surface area contributed by atoms with Gasteiger partial charge in [0.05, 0.1) is 11.8 Å². The maximum atomic E-state index is 14.5. The normalized spacial score (nSPS) is 24.4. The number of aromatic nitrogens is 1. The van der Waals surface area contributed by atoms with Crippen molar-refractivity contribution in [1.82, 2.24) is 4.98 Å². The van der Waals surface area contributed by atoms with Crippen LogP contribution in [0.25, 0.3) is 0 Å². The van der Waals surface area contributed by atoms with E-state index in [0.29, 0.717) is 6.20 Å². The maximum absolute atomic E-state index is 14.5. The first kappa shape index (κ1) is 16.3. The first-order valence-electron chi connectivity index (χ1n) is 6.39. The van der Waals surface area contributed by atoms with Crippen LogP contribution in [0.4, 0.5) is 27.8 Å². The van der Waals surface area contributed by atoms with Crippen molar-refractivity contribution < 1.29 is 26.7 Å². The molecule has 1 aromatic heterocycles. The van der Waals surface area contributed by atoms with Crippen LogP contribution in [-0.4, -0.2) is 22.8 Å². The lowest BCUT2D eigenvalue weighted by molar-refractivity contribution is -0.140. The fraction of sp³-hybridized carbons (Fsp3) is 0.462. The summed E-state index contributed by atoms with van der Waals surface area (Å²) < 4.78 is 70.3. The van der Waals surface area contributed by atoms with Gasteiger partial charge in [-0.25, -0.2) is 13.8 Å². The second-order valence-corrected chi connectivity index (χ2v) is 5.08. The second kappa shape index (κ2) is 4.99. The summed E-state index contributed by atoms with van der Waals surface area (Å²) in [4.78, 5) is 18.0. The number of nitrogens with zero attached hydrogens (tertiary/aromatic N) is 2. The van der Waals surface area contributed by atoms with Crippen LogP contribution < -0.4 is 5.73 Å². The number of carbonyl (C=O) groups excluding carboxylic acids is 1. The third-order valence-electron chi connectivity index (χ3n) is 4.05. The minimum absolute atomic E-state index is 0.0683. The van der Waals surface area contributed by atoms with Gasteiger partial charge in [-0.05, 0) is 5.92 Å². The highest BCUT2D eigenvalue weighted by Crippen LogP contribution is 2.54. The minimum Gasteiger partial charge on any atom is -0.369 e. The Balaban J connectivity index is 3.01. The Kier molecular flexibility index (Phi) is 3.70. The smallest absolute Gasteiger partial charge is 0.334 e. The zero-order valence-electron chi connectivity index (χ0n) is 11.6. The first-order chi connectivity index (χ1) is 10.1. The number of rotatable bonds is 3. The summed E-state index contributed by atoms with van der Waals surface area (Å²) >= 11 is 0. The van der Waals surface area contributed by atoms with E-state index >= 15 is 0 Å². The van der Waals surface area contributed by atoms with Gasteiger partial charge in [0.2, 0.25) is 5.91 Å². The van der Waals surface area contributed by atoms with Gasteiger partial charge in [0.15, 0.2) is 22.9 Å². The van der Waals surface area contributed by atoms with Crippen LogP contribution in [-0.2, 0) is 10.2 Å². The van der Waals surface area contributed by atoms with E-state index in [-0.39, 0.29) is 6.42 Å². The number of amides is 1. The van der Waals surface area contributed by atoms with Gasteiger partial charge < -0.3 is 5.73 Å². The quantitative estimate of drug-likeness (QED) is 0.870. The Morgan fingerprint density at radius 3 is 2.45 bits per heavy atom. The molecule has 0 bridgehead atoms. The van der Waals surface area contributed by atoms with E-state index in [1.165, 1.54) is 13.8 Å². The first-order valence-corrected chi connectivity index (χ1v) is 6.39. The summed E-state index contributed by atoms with van der Waals surface area (Å²) in [5.41, 5.74) is 0.873. The van der Waals surface area contributed by atoms with E-state index in [2.05, 4.69) is 9.98 Å². The van der Waals surface area contributed by atoms with Crippen LogP contribution in [0.2, 0.25) is 0 Å². The minimum atomic E-state index is -4.52. The van der Waals surface area contributed by atoms with Crippen LogP contribution in [0, 0.1) is 17.6 Å². The summed E-state index contributed by atoms with van der Waals surface area (Å²) in [5, 5.41) is 0. The molecule has 2 N–H and O–H groups in total. The van der Waals surface area contributed by atoms with E-state index < -0.39 is 52.1 Å². The molecule has 0 aliphatic carbocycles. The molecule has 0 fully saturated rings. The molecule has 2 atom stereocenters. The molecule has 1 aliphatic rings. The highest BCUT2D eigenvalue weighted by atomic mass is 19.3. The number of hydrogen-bond acceptors (Lipinski definition) is 3. The molecule has 1 aliphatic heterocycles. The molecular formula is C13H12F5N3O. The molecule has 22 heavy (non-hydrogen) atoms. The summed E-state index contributed by atoms with van der Waals surface area (Å²) in [6.45, 7) is 2.60. The fourth-order valence-corrected chi connectivity index (χ4v) is 2.76. The molecule has 0 radical (unpaired) electrons. The van der Waals surface area contributed by atoms with Gasteiger partial charge in [-0.15, -0.1) is 0 Å². The summed E-state index contributed by atoms with van der Waals surface area (Å²) in [7, 11) is 0. The summed E-state index contributed by atoms with van der Waals surface area (Å²) in [6, 6.07) is 0. The van der Waals surface area contributed by atoms with Gasteiger partial charge in [0, 0.05) is 0 Å². The average molecular weight is 321 g/mol. The molecule has 2 unspecified atom stereocenters. The number of fused-ring (bicyclic) bond motifs is 1. The number of halogens is 5. The molecule has 2 rings (SSSR count). The number of hydrogen-bond donors (Lipinski definition) is 1. The Labute approximate surface area is 122 Å². The third kappa shape index (κ3) is 1.77. The number of nitrogens with two attached hydrogens (primary N) is 1. The van der Waals surface area contributed by atoms with Crippen molar-refractivity contribution in [3.63, 3.8) is 0 Å². The predicted molar refractivity (Wildman–Crippen MR) is 67.6 cm³/mol. The van der Waals surface area contributed by atoms with Crippen LogP contribution in [0.15, 0.2) is 11.2 Å². The van der Waals surface area contributed by atoms with Gasteiger partial charge in [-0.2, -0.15) is 18.2 Å². The van der Waals surface area contributed by atoms with E-state index in [1.54, 1.807) is 0 Å². The predicted octanol–water partition coefficient (Wildman–Crippen LogP) is 2.78. The van der Waals surface area contributed by atoms with Crippen molar-refractivity contribution in [3.8, 4) is 0 Å². The number of primary amides is 1. The molecule has 4 nitrogen and oxygen atoms in total. The van der Waals surface area contributed by atoms with Gasteiger partial charge >= 0.3 is 5.92 Å². The number of aliphatic imine (C=N–C) groups is 1. The molecular weight excluding hydrogens is 309 g/mol. The monoisotopic (exact) mass is 321 g/mol. The van der Waals surface area contributed by atoms with Gasteiger partial charge in [0.25, 0.3) is 5.97 Å². The van der Waals surface area contributed by atoms with Crippen LogP contribution in [0.5, 0.6) is 0 Å². The summed E-state index contributed by atoms with van der Waals surface area (Å²) in [5.74, 6) is -13.8. The van der Waals surface area contributed by atoms with Crippen molar-refractivity contribution in [2.24, 2.45) is 16.6 Å². The number of carbonyl (C=O) groups is 1. The number of pyridine rings is 1. The van der Waals surface area contributed by atoms with Gasteiger partial charge in [-0.1, -0.05) is 20.3 Å². The highest BCUT2D eigenvalue weighted by Gasteiger charge is 2.69. The third-order valence-corrected chi connectivity index (χ3v) is 4.05. The highest BCUT2D eigenvalue weighted by molar-refractivity contribution is 6.01. The Hall–Kier alpha value is -2.06. The largest absolute Gasteiger partial charge is 0.369 e. The standard InChI is InChI=1S/C13H12F5N3O/c1-3-5(2)12(11(19)22)7-8(15)6(14)4-20-9(7)21-10(16)13(12,17)18/h4-5H,3H2,1-2H3,(H2,19,22). The lowest BCUT2D eigenvalue weighted by Gasteiger charge is -2.43. The topological polar surface area (TPSA) is 68.3 Å². The van der Waals surface area contributed by atoms with Crippen LogP contribution in [0.1, 0.15) is 25.8 Å². The molecule has 0 saturated carbocycles. The molecule has 0 saturated heterocycles. The molecule has 0 aromatic carbocycles. The van der Waals surface area contributed by atoms with Gasteiger partial charge in [0.1, 0.15) is 0 Å². The maximum Gasteiger partial charge on any atom is 0.334 e. The molecule has 120 valence electrons.